The van der Waals surface area contributed by atoms with Crippen molar-refractivity contribution in [1.82, 2.24) is 19.4 Å². The smallest absolute Gasteiger partial charge is 0.339 e. The average molecular weight is 327 g/mol. The lowest BCUT2D eigenvalue weighted by molar-refractivity contribution is 0.0600. The van der Waals surface area contributed by atoms with Gasteiger partial charge in [-0.3, -0.25) is 4.40 Å². The van der Waals surface area contributed by atoms with E-state index in [4.69, 9.17) is 4.74 Å². The average Bonchev–Trinajstić information content (AvgIpc) is 3.09. The van der Waals surface area contributed by atoms with Gasteiger partial charge in [-0.1, -0.05) is 0 Å². The fourth-order valence-corrected chi connectivity index (χ4v) is 2.48. The third-order valence-corrected chi connectivity index (χ3v) is 3.48. The second-order valence-electron chi connectivity index (χ2n) is 6.69. The summed E-state index contributed by atoms with van der Waals surface area (Å²) in [6.07, 6.45) is 3.55. The molecule has 0 aliphatic heterocycles. The van der Waals surface area contributed by atoms with Crippen molar-refractivity contribution >= 4 is 17.4 Å². The SMILES string of the molecule is COC(=O)c1ccc2nc(-c3c[nH]c(C)n3)c(NC(C)(C)C)n2c1. The van der Waals surface area contributed by atoms with E-state index in [-0.39, 0.29) is 11.5 Å². The van der Waals surface area contributed by atoms with Crippen LogP contribution in [0.1, 0.15) is 37.0 Å². The fraction of sp³-hybridized carbons (Fsp3) is 0.353. The van der Waals surface area contributed by atoms with Gasteiger partial charge in [0.05, 0.1) is 12.7 Å². The quantitative estimate of drug-likeness (QED) is 0.722. The molecule has 0 bridgehead atoms. The van der Waals surface area contributed by atoms with Gasteiger partial charge in [-0.05, 0) is 39.8 Å². The summed E-state index contributed by atoms with van der Waals surface area (Å²) in [5.74, 6) is 1.22. The van der Waals surface area contributed by atoms with E-state index < -0.39 is 0 Å². The number of nitrogens with zero attached hydrogens (tertiary/aromatic N) is 3. The van der Waals surface area contributed by atoms with Crippen LogP contribution in [-0.4, -0.2) is 38.0 Å². The first-order valence-electron chi connectivity index (χ1n) is 7.69. The van der Waals surface area contributed by atoms with E-state index in [1.165, 1.54) is 7.11 Å². The second-order valence-corrected chi connectivity index (χ2v) is 6.69. The molecule has 0 atom stereocenters. The number of pyridine rings is 1. The van der Waals surface area contributed by atoms with E-state index in [9.17, 15) is 4.79 Å². The number of ether oxygens (including phenoxy) is 1. The molecule has 2 N–H and O–H groups in total. The predicted octanol–water partition coefficient (Wildman–Crippen LogP) is 3.03. The molecule has 0 fully saturated rings. The van der Waals surface area contributed by atoms with Gasteiger partial charge in [0.15, 0.2) is 0 Å². The number of aromatic nitrogens is 4. The first-order valence-corrected chi connectivity index (χ1v) is 7.69. The number of methoxy groups -OCH3 is 1. The van der Waals surface area contributed by atoms with Gasteiger partial charge in [-0.2, -0.15) is 0 Å². The van der Waals surface area contributed by atoms with Crippen molar-refractivity contribution in [2.75, 3.05) is 12.4 Å². The molecule has 0 saturated carbocycles. The van der Waals surface area contributed by atoms with E-state index in [0.717, 1.165) is 28.7 Å². The zero-order valence-corrected chi connectivity index (χ0v) is 14.5. The van der Waals surface area contributed by atoms with Gasteiger partial charge in [0.25, 0.3) is 0 Å². The lowest BCUT2D eigenvalue weighted by atomic mass is 10.1. The summed E-state index contributed by atoms with van der Waals surface area (Å²) in [6.45, 7) is 8.09. The Balaban J connectivity index is 2.23. The fourth-order valence-electron chi connectivity index (χ4n) is 2.48. The monoisotopic (exact) mass is 327 g/mol. The third kappa shape index (κ3) is 2.97. The Hall–Kier alpha value is -2.83. The van der Waals surface area contributed by atoms with Crippen LogP contribution in [0, 0.1) is 6.92 Å². The maximum Gasteiger partial charge on any atom is 0.339 e. The van der Waals surface area contributed by atoms with Gasteiger partial charge in [0, 0.05) is 17.9 Å². The molecule has 126 valence electrons. The highest BCUT2D eigenvalue weighted by Crippen LogP contribution is 2.30. The lowest BCUT2D eigenvalue weighted by Gasteiger charge is -2.22. The number of aromatic amines is 1. The number of rotatable bonds is 3. The number of carbonyl (C=O) groups excluding carboxylic acids is 1. The van der Waals surface area contributed by atoms with Crippen molar-refractivity contribution in [2.45, 2.75) is 33.2 Å². The largest absolute Gasteiger partial charge is 0.465 e. The zero-order valence-electron chi connectivity index (χ0n) is 14.5. The first-order chi connectivity index (χ1) is 11.3. The number of hydrogen-bond acceptors (Lipinski definition) is 5. The topological polar surface area (TPSA) is 84.3 Å². The van der Waals surface area contributed by atoms with Crippen LogP contribution in [0.3, 0.4) is 0 Å². The molecule has 7 heteroatoms. The Morgan fingerprint density at radius 2 is 2.04 bits per heavy atom. The summed E-state index contributed by atoms with van der Waals surface area (Å²) in [5.41, 5.74) is 2.49. The number of hydrogen-bond donors (Lipinski definition) is 2. The minimum absolute atomic E-state index is 0.183. The van der Waals surface area contributed by atoms with Crippen LogP contribution >= 0.6 is 0 Å². The zero-order chi connectivity index (χ0) is 17.5. The standard InChI is InChI=1S/C17H21N5O2/c1-10-18-8-12(19-10)14-15(21-17(2,3)4)22-9-11(16(23)24-5)6-7-13(22)20-14/h6-9,21H,1-5H3,(H,18,19). The van der Waals surface area contributed by atoms with Crippen molar-refractivity contribution < 1.29 is 9.53 Å². The molecule has 0 aromatic carbocycles. The van der Waals surface area contributed by atoms with Gasteiger partial charge < -0.3 is 15.0 Å². The molecular formula is C17H21N5O2. The number of H-pyrrole nitrogens is 1. The Bertz CT molecular complexity index is 901. The number of nitrogens with one attached hydrogen (secondary N) is 2. The van der Waals surface area contributed by atoms with Gasteiger partial charge in [0.1, 0.15) is 28.7 Å². The molecule has 3 aromatic rings. The Kier molecular flexibility index (Phi) is 3.79. The van der Waals surface area contributed by atoms with Crippen molar-refractivity contribution in [1.29, 1.82) is 0 Å². The molecule has 0 aliphatic rings. The summed E-state index contributed by atoms with van der Waals surface area (Å²) >= 11 is 0. The van der Waals surface area contributed by atoms with Crippen LogP contribution in [-0.2, 0) is 4.74 Å². The Morgan fingerprint density at radius 1 is 1.29 bits per heavy atom. The predicted molar refractivity (Wildman–Crippen MR) is 92.2 cm³/mol. The summed E-state index contributed by atoms with van der Waals surface area (Å²) in [6, 6.07) is 3.50. The highest BCUT2D eigenvalue weighted by Gasteiger charge is 2.21. The minimum Gasteiger partial charge on any atom is -0.465 e. The normalized spacial score (nSPS) is 11.7. The Labute approximate surface area is 140 Å². The van der Waals surface area contributed by atoms with Gasteiger partial charge >= 0.3 is 5.97 Å². The maximum atomic E-state index is 11.8. The van der Waals surface area contributed by atoms with Crippen molar-refractivity contribution in [3.8, 4) is 11.4 Å². The van der Waals surface area contributed by atoms with Crippen LogP contribution in [0.4, 0.5) is 5.82 Å². The lowest BCUT2D eigenvalue weighted by Crippen LogP contribution is -2.27. The molecule has 0 aliphatic carbocycles. The molecule has 0 unspecified atom stereocenters. The van der Waals surface area contributed by atoms with E-state index in [2.05, 4.69) is 41.0 Å². The van der Waals surface area contributed by atoms with E-state index in [0.29, 0.717) is 5.56 Å². The number of imidazole rings is 2. The molecular weight excluding hydrogens is 306 g/mol. The molecule has 3 rings (SSSR count). The van der Waals surface area contributed by atoms with Gasteiger partial charge in [-0.25, -0.2) is 14.8 Å². The van der Waals surface area contributed by atoms with Crippen LogP contribution < -0.4 is 5.32 Å². The third-order valence-electron chi connectivity index (χ3n) is 3.48. The molecule has 3 heterocycles. The van der Waals surface area contributed by atoms with Crippen molar-refractivity contribution in [2.24, 2.45) is 0 Å². The summed E-state index contributed by atoms with van der Waals surface area (Å²) in [5, 5.41) is 3.46. The number of anilines is 1. The van der Waals surface area contributed by atoms with Crippen LogP contribution in [0.5, 0.6) is 0 Å². The number of fused-ring (bicyclic) bond motifs is 1. The second kappa shape index (κ2) is 5.67. The van der Waals surface area contributed by atoms with Crippen molar-refractivity contribution in [3.05, 3.63) is 35.9 Å². The van der Waals surface area contributed by atoms with Crippen molar-refractivity contribution in [3.63, 3.8) is 0 Å². The van der Waals surface area contributed by atoms with E-state index >= 15 is 0 Å². The molecule has 0 saturated heterocycles. The minimum atomic E-state index is -0.385. The molecule has 0 spiro atoms. The Morgan fingerprint density at radius 3 is 2.62 bits per heavy atom. The van der Waals surface area contributed by atoms with Gasteiger partial charge in [-0.15, -0.1) is 0 Å². The summed E-state index contributed by atoms with van der Waals surface area (Å²) < 4.78 is 6.67. The summed E-state index contributed by atoms with van der Waals surface area (Å²) in [4.78, 5) is 24.1. The number of aryl methyl sites for hydroxylation is 1. The molecule has 0 amide bonds. The molecule has 0 radical (unpaired) electrons. The van der Waals surface area contributed by atoms with Crippen LogP contribution in [0.25, 0.3) is 17.0 Å². The van der Waals surface area contributed by atoms with Gasteiger partial charge in [0.2, 0.25) is 0 Å². The highest BCUT2D eigenvalue weighted by atomic mass is 16.5. The summed E-state index contributed by atoms with van der Waals surface area (Å²) in [7, 11) is 1.37. The number of esters is 1. The highest BCUT2D eigenvalue weighted by molar-refractivity contribution is 5.90. The molecule has 7 nitrogen and oxygen atoms in total. The number of carbonyl (C=O) groups is 1. The van der Waals surface area contributed by atoms with E-state index in [1.807, 2.05) is 17.5 Å². The van der Waals surface area contributed by atoms with Crippen LogP contribution in [0.2, 0.25) is 0 Å². The van der Waals surface area contributed by atoms with E-state index in [1.54, 1.807) is 18.3 Å². The first kappa shape index (κ1) is 16.0. The molecule has 3 aromatic heterocycles. The van der Waals surface area contributed by atoms with Crippen LogP contribution in [0.15, 0.2) is 24.5 Å². The molecule has 24 heavy (non-hydrogen) atoms. The maximum absolute atomic E-state index is 11.8.